The van der Waals surface area contributed by atoms with E-state index >= 15 is 0 Å². The van der Waals surface area contributed by atoms with E-state index in [9.17, 15) is 4.79 Å². The molecule has 0 aliphatic carbocycles. The summed E-state index contributed by atoms with van der Waals surface area (Å²) in [5.74, 6) is 0.314. The molecule has 0 fully saturated rings. The van der Waals surface area contributed by atoms with Gasteiger partial charge in [0, 0.05) is 34.9 Å². The number of aromatic nitrogens is 2. The molecule has 0 aliphatic rings. The number of nitrogens with one attached hydrogen (secondary N) is 2. The summed E-state index contributed by atoms with van der Waals surface area (Å²) in [6.07, 6.45) is 3.58. The molecule has 0 saturated carbocycles. The van der Waals surface area contributed by atoms with E-state index in [2.05, 4.69) is 51.8 Å². The fraction of sp³-hybridized carbons (Fsp3) is 0.115. The standard InChI is InChI=1S/C26H24N4O/c1-17-7-10-20(11-8-17)22-15-27-26(28-16-22)29-23-6-4-5-21(14-23)25(31)30-24-12-9-18(2)13-19(24)3/h4-16H,1-3H3,(H,30,31)(H,27,28,29). The van der Waals surface area contributed by atoms with E-state index in [0.717, 1.165) is 33.6 Å². The van der Waals surface area contributed by atoms with Gasteiger partial charge in [0.05, 0.1) is 0 Å². The summed E-state index contributed by atoms with van der Waals surface area (Å²) in [5, 5.41) is 6.14. The van der Waals surface area contributed by atoms with Crippen LogP contribution < -0.4 is 10.6 Å². The monoisotopic (exact) mass is 408 g/mol. The summed E-state index contributed by atoms with van der Waals surface area (Å²) >= 11 is 0. The number of benzene rings is 3. The first kappa shape index (κ1) is 20.3. The van der Waals surface area contributed by atoms with Gasteiger partial charge in [-0.1, -0.05) is 53.6 Å². The Balaban J connectivity index is 1.46. The van der Waals surface area contributed by atoms with Gasteiger partial charge in [-0.3, -0.25) is 4.79 Å². The fourth-order valence-corrected chi connectivity index (χ4v) is 3.30. The summed E-state index contributed by atoms with van der Waals surface area (Å²) < 4.78 is 0. The van der Waals surface area contributed by atoms with Crippen molar-refractivity contribution in [2.24, 2.45) is 0 Å². The smallest absolute Gasteiger partial charge is 0.255 e. The molecule has 4 aromatic rings. The van der Waals surface area contributed by atoms with Gasteiger partial charge in [0.2, 0.25) is 5.95 Å². The first-order chi connectivity index (χ1) is 15.0. The van der Waals surface area contributed by atoms with Crippen LogP contribution >= 0.6 is 0 Å². The normalized spacial score (nSPS) is 10.5. The van der Waals surface area contributed by atoms with Crippen molar-refractivity contribution in [3.8, 4) is 11.1 Å². The van der Waals surface area contributed by atoms with Gasteiger partial charge in [-0.05, 0) is 56.2 Å². The zero-order valence-electron chi connectivity index (χ0n) is 17.8. The largest absolute Gasteiger partial charge is 0.324 e. The van der Waals surface area contributed by atoms with Crippen LogP contribution in [-0.4, -0.2) is 15.9 Å². The minimum absolute atomic E-state index is 0.161. The van der Waals surface area contributed by atoms with E-state index in [4.69, 9.17) is 0 Å². The van der Waals surface area contributed by atoms with Crippen LogP contribution in [0.1, 0.15) is 27.0 Å². The van der Waals surface area contributed by atoms with Crippen LogP contribution in [0.25, 0.3) is 11.1 Å². The van der Waals surface area contributed by atoms with Crippen molar-refractivity contribution in [1.82, 2.24) is 9.97 Å². The summed E-state index contributed by atoms with van der Waals surface area (Å²) in [6.45, 7) is 6.07. The lowest BCUT2D eigenvalue weighted by atomic mass is 10.1. The van der Waals surface area contributed by atoms with Crippen LogP contribution in [0.3, 0.4) is 0 Å². The number of aryl methyl sites for hydroxylation is 3. The zero-order valence-corrected chi connectivity index (χ0v) is 17.8. The molecule has 2 N–H and O–H groups in total. The van der Waals surface area contributed by atoms with Crippen LogP contribution in [0.15, 0.2) is 79.1 Å². The molecule has 4 rings (SSSR count). The third-order valence-corrected chi connectivity index (χ3v) is 5.05. The maximum Gasteiger partial charge on any atom is 0.255 e. The van der Waals surface area contributed by atoms with Gasteiger partial charge < -0.3 is 10.6 Å². The predicted octanol–water partition coefficient (Wildman–Crippen LogP) is 6.06. The molecule has 3 aromatic carbocycles. The lowest BCUT2D eigenvalue weighted by Crippen LogP contribution is -2.13. The summed E-state index contributed by atoms with van der Waals surface area (Å²) in [5.41, 5.74) is 7.54. The Bertz CT molecular complexity index is 1220. The molecule has 0 bridgehead atoms. The molecule has 0 radical (unpaired) electrons. The van der Waals surface area contributed by atoms with Crippen LogP contribution in [0, 0.1) is 20.8 Å². The van der Waals surface area contributed by atoms with Crippen molar-refractivity contribution in [3.63, 3.8) is 0 Å². The number of hydrogen-bond donors (Lipinski definition) is 2. The Morgan fingerprint density at radius 2 is 1.48 bits per heavy atom. The Labute approximate surface area is 182 Å². The molecule has 5 nitrogen and oxygen atoms in total. The Hall–Kier alpha value is -3.99. The maximum atomic E-state index is 12.7. The molecule has 5 heteroatoms. The fourth-order valence-electron chi connectivity index (χ4n) is 3.30. The van der Waals surface area contributed by atoms with Gasteiger partial charge in [-0.25, -0.2) is 9.97 Å². The van der Waals surface area contributed by atoms with Crippen molar-refractivity contribution in [3.05, 3.63) is 101 Å². The number of carbonyl (C=O) groups excluding carboxylic acids is 1. The quantitative estimate of drug-likeness (QED) is 0.421. The zero-order chi connectivity index (χ0) is 21.8. The molecular weight excluding hydrogens is 384 g/mol. The van der Waals surface area contributed by atoms with Crippen LogP contribution in [0.4, 0.5) is 17.3 Å². The summed E-state index contributed by atoms with van der Waals surface area (Å²) in [6, 6.07) is 21.5. The van der Waals surface area contributed by atoms with E-state index in [1.807, 2.05) is 44.2 Å². The van der Waals surface area contributed by atoms with E-state index in [0.29, 0.717) is 11.5 Å². The molecule has 0 aliphatic heterocycles. The van der Waals surface area contributed by atoms with E-state index < -0.39 is 0 Å². The minimum Gasteiger partial charge on any atom is -0.324 e. The third-order valence-electron chi connectivity index (χ3n) is 5.05. The van der Waals surface area contributed by atoms with Gasteiger partial charge in [-0.2, -0.15) is 0 Å². The number of anilines is 3. The van der Waals surface area contributed by atoms with E-state index in [-0.39, 0.29) is 5.91 Å². The molecule has 0 spiro atoms. The summed E-state index contributed by atoms with van der Waals surface area (Å²) in [7, 11) is 0. The van der Waals surface area contributed by atoms with E-state index in [1.54, 1.807) is 24.5 Å². The van der Waals surface area contributed by atoms with Crippen molar-refractivity contribution < 1.29 is 4.79 Å². The second-order valence-corrected chi connectivity index (χ2v) is 7.64. The molecule has 0 saturated heterocycles. The average molecular weight is 409 g/mol. The first-order valence-corrected chi connectivity index (χ1v) is 10.1. The molecule has 0 atom stereocenters. The number of hydrogen-bond acceptors (Lipinski definition) is 4. The highest BCUT2D eigenvalue weighted by Gasteiger charge is 2.09. The Morgan fingerprint density at radius 3 is 2.19 bits per heavy atom. The highest BCUT2D eigenvalue weighted by molar-refractivity contribution is 6.05. The Kier molecular flexibility index (Phi) is 5.76. The number of nitrogens with zero attached hydrogens (tertiary/aromatic N) is 2. The molecule has 31 heavy (non-hydrogen) atoms. The van der Waals surface area contributed by atoms with Gasteiger partial charge >= 0.3 is 0 Å². The molecular formula is C26H24N4O. The minimum atomic E-state index is -0.161. The third kappa shape index (κ3) is 4.95. The lowest BCUT2D eigenvalue weighted by molar-refractivity contribution is 0.102. The lowest BCUT2D eigenvalue weighted by Gasteiger charge is -2.11. The van der Waals surface area contributed by atoms with Crippen LogP contribution in [0.2, 0.25) is 0 Å². The van der Waals surface area contributed by atoms with Crippen molar-refractivity contribution in [2.75, 3.05) is 10.6 Å². The van der Waals surface area contributed by atoms with Crippen LogP contribution in [0.5, 0.6) is 0 Å². The van der Waals surface area contributed by atoms with Crippen LogP contribution in [-0.2, 0) is 0 Å². The molecule has 1 heterocycles. The van der Waals surface area contributed by atoms with Crippen molar-refractivity contribution in [1.29, 1.82) is 0 Å². The SMILES string of the molecule is Cc1ccc(-c2cnc(Nc3cccc(C(=O)Nc4ccc(C)cc4C)c3)nc2)cc1. The van der Waals surface area contributed by atoms with E-state index in [1.165, 1.54) is 5.56 Å². The predicted molar refractivity (Wildman–Crippen MR) is 126 cm³/mol. The molecule has 154 valence electrons. The van der Waals surface area contributed by atoms with Crippen molar-refractivity contribution >= 4 is 23.2 Å². The molecule has 0 unspecified atom stereocenters. The molecule has 1 aromatic heterocycles. The second kappa shape index (κ2) is 8.79. The summed E-state index contributed by atoms with van der Waals surface area (Å²) in [4.78, 5) is 21.5. The number of amides is 1. The number of carbonyl (C=O) groups is 1. The Morgan fingerprint density at radius 1 is 0.774 bits per heavy atom. The molecule has 1 amide bonds. The number of rotatable bonds is 5. The van der Waals surface area contributed by atoms with Crippen molar-refractivity contribution in [2.45, 2.75) is 20.8 Å². The second-order valence-electron chi connectivity index (χ2n) is 7.64. The van der Waals surface area contributed by atoms with Gasteiger partial charge in [0.15, 0.2) is 0 Å². The topological polar surface area (TPSA) is 66.9 Å². The highest BCUT2D eigenvalue weighted by Crippen LogP contribution is 2.21. The van der Waals surface area contributed by atoms with Gasteiger partial charge in [0.25, 0.3) is 5.91 Å². The average Bonchev–Trinajstić information content (AvgIpc) is 2.77. The van der Waals surface area contributed by atoms with Gasteiger partial charge in [-0.15, -0.1) is 0 Å². The van der Waals surface area contributed by atoms with Gasteiger partial charge in [0.1, 0.15) is 0 Å². The highest BCUT2D eigenvalue weighted by atomic mass is 16.1. The first-order valence-electron chi connectivity index (χ1n) is 10.1. The maximum absolute atomic E-state index is 12.7.